The lowest BCUT2D eigenvalue weighted by Gasteiger charge is -2.59. The average molecular weight is 665 g/mol. The summed E-state index contributed by atoms with van der Waals surface area (Å²) in [6, 6.07) is 14.0. The molecule has 0 N–H and O–H groups in total. The van der Waals surface area contributed by atoms with Crippen molar-refractivity contribution in [1.29, 1.82) is 0 Å². The Morgan fingerprint density at radius 3 is 2.38 bits per heavy atom. The van der Waals surface area contributed by atoms with Crippen LogP contribution in [-0.4, -0.2) is 40.6 Å². The third-order valence-electron chi connectivity index (χ3n) is 10.1. The van der Waals surface area contributed by atoms with Crippen LogP contribution in [0.5, 0.6) is 0 Å². The molecule has 2 fully saturated rings. The minimum Gasteiger partial charge on any atom is -0.461 e. The van der Waals surface area contributed by atoms with Crippen LogP contribution in [0.4, 0.5) is 0 Å². The van der Waals surface area contributed by atoms with Crippen molar-refractivity contribution in [2.24, 2.45) is 22.7 Å². The molecule has 0 unspecified atom stereocenters. The highest BCUT2D eigenvalue weighted by atomic mass is 35.5. The molecule has 3 aromatic rings. The molecular weight excluding hydrogens is 628 g/mol. The van der Waals surface area contributed by atoms with Crippen molar-refractivity contribution in [3.8, 4) is 0 Å². The molecule has 0 radical (unpaired) electrons. The van der Waals surface area contributed by atoms with E-state index < -0.39 is 29.4 Å². The number of pyridine rings is 2. The van der Waals surface area contributed by atoms with Crippen LogP contribution in [0.25, 0.3) is 6.08 Å². The number of allylic oxidation sites excluding steroid dienone is 3. The van der Waals surface area contributed by atoms with Crippen LogP contribution in [0.15, 0.2) is 115 Å². The van der Waals surface area contributed by atoms with Gasteiger partial charge in [0.1, 0.15) is 18.5 Å². The van der Waals surface area contributed by atoms with Gasteiger partial charge in [-0.15, -0.1) is 0 Å². The summed E-state index contributed by atoms with van der Waals surface area (Å²) in [7, 11) is 0. The smallest absolute Gasteiger partial charge is 0.343 e. The SMILES string of the molecule is C=C1CC[C@@H]2[C@](C)(COC(=O)c3cccnc3)[C@H](OC(=O)c3cccnc3)CC[C@@]2(C)[C@@H]1/C=C/C1=CC(=C/c2ccc(Cl)cc2)/OC1=O. The maximum atomic E-state index is 13.3. The molecule has 1 aromatic carbocycles. The van der Waals surface area contributed by atoms with Crippen molar-refractivity contribution in [2.45, 2.75) is 45.6 Å². The second-order valence-electron chi connectivity index (χ2n) is 13.2. The van der Waals surface area contributed by atoms with Gasteiger partial charge in [-0.1, -0.05) is 61.9 Å². The topological polar surface area (TPSA) is 105 Å². The number of cyclic esters (lactones) is 1. The Labute approximate surface area is 285 Å². The molecule has 2 saturated carbocycles. The molecule has 3 aliphatic rings. The highest BCUT2D eigenvalue weighted by Crippen LogP contribution is 2.62. The van der Waals surface area contributed by atoms with Crippen LogP contribution in [0.1, 0.15) is 65.8 Å². The first-order chi connectivity index (χ1) is 23.1. The van der Waals surface area contributed by atoms with Crippen LogP contribution >= 0.6 is 11.6 Å². The van der Waals surface area contributed by atoms with E-state index in [1.54, 1.807) is 60.9 Å². The van der Waals surface area contributed by atoms with Crippen LogP contribution in [0.2, 0.25) is 5.02 Å². The quantitative estimate of drug-likeness (QED) is 0.136. The predicted molar refractivity (Wildman–Crippen MR) is 182 cm³/mol. The van der Waals surface area contributed by atoms with Gasteiger partial charge < -0.3 is 14.2 Å². The largest absolute Gasteiger partial charge is 0.461 e. The van der Waals surface area contributed by atoms with Gasteiger partial charge in [0.2, 0.25) is 0 Å². The number of benzene rings is 1. The van der Waals surface area contributed by atoms with Gasteiger partial charge in [-0.2, -0.15) is 0 Å². The van der Waals surface area contributed by atoms with Crippen molar-refractivity contribution in [1.82, 2.24) is 9.97 Å². The fourth-order valence-corrected chi connectivity index (χ4v) is 7.76. The van der Waals surface area contributed by atoms with Gasteiger partial charge in [0.05, 0.1) is 16.7 Å². The Balaban J connectivity index is 1.28. The molecule has 0 spiro atoms. The molecule has 2 aliphatic carbocycles. The summed E-state index contributed by atoms with van der Waals surface area (Å²) in [4.78, 5) is 47.4. The average Bonchev–Trinajstić information content (AvgIpc) is 3.44. The third-order valence-corrected chi connectivity index (χ3v) is 10.4. The molecule has 0 bridgehead atoms. The summed E-state index contributed by atoms with van der Waals surface area (Å²) in [6.45, 7) is 8.77. The summed E-state index contributed by atoms with van der Waals surface area (Å²) in [5.41, 5.74) is 2.03. The number of carbonyl (C=O) groups is 3. The van der Waals surface area contributed by atoms with Crippen LogP contribution in [0, 0.1) is 22.7 Å². The number of esters is 3. The zero-order valence-corrected chi connectivity index (χ0v) is 27.7. The maximum Gasteiger partial charge on any atom is 0.343 e. The van der Waals surface area contributed by atoms with E-state index in [0.717, 1.165) is 30.4 Å². The Morgan fingerprint density at radius 2 is 1.71 bits per heavy atom. The predicted octanol–water partition coefficient (Wildman–Crippen LogP) is 7.98. The van der Waals surface area contributed by atoms with E-state index in [1.807, 2.05) is 25.1 Å². The molecule has 48 heavy (non-hydrogen) atoms. The second-order valence-corrected chi connectivity index (χ2v) is 13.6. The number of fused-ring (bicyclic) bond motifs is 1. The van der Waals surface area contributed by atoms with E-state index in [4.69, 9.17) is 25.8 Å². The fourth-order valence-electron chi connectivity index (χ4n) is 7.64. The molecule has 3 heterocycles. The standard InChI is InChI=1S/C39H37ClN2O6/c1-25-8-15-33-38(2,32(25)14-11-27-21-31(47-36(27)44)20-26-9-12-30(40)13-10-26)17-16-34(48-37(45)29-7-5-19-42-23-29)39(33,3)24-46-35(43)28-6-4-18-41-22-28/h4-7,9-14,18-23,32-34H,1,8,15-17,24H2,2-3H3/b14-11+,31-20-/t32-,33+,34-,38+,39+/m1/s1. The molecule has 6 rings (SSSR count). The van der Waals surface area contributed by atoms with Crippen LogP contribution in [-0.2, 0) is 19.0 Å². The normalized spacial score (nSPS) is 27.7. The zero-order valence-electron chi connectivity index (χ0n) is 26.9. The lowest BCUT2D eigenvalue weighted by atomic mass is 9.46. The van der Waals surface area contributed by atoms with Gasteiger partial charge in [0.25, 0.3) is 0 Å². The Morgan fingerprint density at radius 1 is 1.02 bits per heavy atom. The van der Waals surface area contributed by atoms with Crippen molar-refractivity contribution in [2.75, 3.05) is 6.61 Å². The minimum atomic E-state index is -0.727. The van der Waals surface area contributed by atoms with Gasteiger partial charge in [-0.25, -0.2) is 14.4 Å². The van der Waals surface area contributed by atoms with Crippen molar-refractivity contribution in [3.05, 3.63) is 137 Å². The number of hydrogen-bond donors (Lipinski definition) is 0. The summed E-state index contributed by atoms with van der Waals surface area (Å²) < 4.78 is 17.7. The van der Waals surface area contributed by atoms with E-state index in [-0.39, 0.29) is 23.9 Å². The summed E-state index contributed by atoms with van der Waals surface area (Å²) >= 11 is 6.01. The number of aromatic nitrogens is 2. The zero-order chi connectivity index (χ0) is 33.9. The number of halogens is 1. The van der Waals surface area contributed by atoms with Crippen molar-refractivity contribution < 1.29 is 28.6 Å². The van der Waals surface area contributed by atoms with Crippen molar-refractivity contribution in [3.63, 3.8) is 0 Å². The lowest BCUT2D eigenvalue weighted by Crippen LogP contribution is -2.58. The molecule has 9 heteroatoms. The fraction of sp³-hybridized carbons (Fsp3) is 0.308. The lowest BCUT2D eigenvalue weighted by molar-refractivity contribution is -0.150. The maximum absolute atomic E-state index is 13.3. The minimum absolute atomic E-state index is 0.0165. The Hall–Kier alpha value is -4.82. The van der Waals surface area contributed by atoms with Gasteiger partial charge in [-0.3, -0.25) is 9.97 Å². The summed E-state index contributed by atoms with van der Waals surface area (Å²) in [5.74, 6) is -1.03. The van der Waals surface area contributed by atoms with Gasteiger partial charge in [0, 0.05) is 41.1 Å². The highest BCUT2D eigenvalue weighted by molar-refractivity contribution is 6.30. The van der Waals surface area contributed by atoms with Crippen LogP contribution < -0.4 is 0 Å². The third kappa shape index (κ3) is 6.76. The monoisotopic (exact) mass is 664 g/mol. The van der Waals surface area contributed by atoms with E-state index in [1.165, 1.54) is 12.4 Å². The molecule has 5 atom stereocenters. The first-order valence-electron chi connectivity index (χ1n) is 16.0. The number of rotatable bonds is 8. The highest BCUT2D eigenvalue weighted by Gasteiger charge is 2.59. The van der Waals surface area contributed by atoms with Gasteiger partial charge >= 0.3 is 17.9 Å². The van der Waals surface area contributed by atoms with E-state index >= 15 is 0 Å². The molecule has 8 nitrogen and oxygen atoms in total. The molecule has 1 aliphatic heterocycles. The molecule has 0 saturated heterocycles. The molecular formula is C39H37ClN2O6. The summed E-state index contributed by atoms with van der Waals surface area (Å²) in [5, 5.41) is 0.627. The first kappa shape index (κ1) is 33.1. The molecule has 0 amide bonds. The second kappa shape index (κ2) is 13.7. The number of carbonyl (C=O) groups excluding carboxylic acids is 3. The molecule has 246 valence electrons. The van der Waals surface area contributed by atoms with Gasteiger partial charge in [0.15, 0.2) is 0 Å². The van der Waals surface area contributed by atoms with Gasteiger partial charge in [-0.05, 0) is 91.1 Å². The van der Waals surface area contributed by atoms with Crippen molar-refractivity contribution >= 4 is 35.6 Å². The number of nitrogens with zero attached hydrogens (tertiary/aromatic N) is 2. The van der Waals surface area contributed by atoms with E-state index in [9.17, 15) is 14.4 Å². The number of hydrogen-bond acceptors (Lipinski definition) is 8. The first-order valence-corrected chi connectivity index (χ1v) is 16.4. The number of ether oxygens (including phenoxy) is 3. The van der Waals surface area contributed by atoms with E-state index in [0.29, 0.717) is 33.9 Å². The summed E-state index contributed by atoms with van der Waals surface area (Å²) in [6.07, 6.45) is 15.8. The Bertz CT molecular complexity index is 1800. The van der Waals surface area contributed by atoms with E-state index in [2.05, 4.69) is 29.5 Å². The molecule has 2 aromatic heterocycles. The Kier molecular flexibility index (Phi) is 9.47. The van der Waals surface area contributed by atoms with Crippen LogP contribution in [0.3, 0.4) is 0 Å².